The fraction of sp³-hybridized carbons (Fsp3) is 0.500. The third kappa shape index (κ3) is 2.94. The molecule has 1 rings (SSSR count). The Bertz CT molecular complexity index is 299. The van der Waals surface area contributed by atoms with Crippen LogP contribution >= 0.6 is 11.8 Å². The first-order valence-electron chi connectivity index (χ1n) is 3.69. The van der Waals surface area contributed by atoms with Crippen LogP contribution in [0, 0.1) is 5.92 Å². The summed E-state index contributed by atoms with van der Waals surface area (Å²) in [5.41, 5.74) is 10.4. The lowest BCUT2D eigenvalue weighted by molar-refractivity contribution is -0.120. The Morgan fingerprint density at radius 3 is 2.92 bits per heavy atom. The van der Waals surface area contributed by atoms with Crippen molar-refractivity contribution in [3.8, 4) is 0 Å². The summed E-state index contributed by atoms with van der Waals surface area (Å²) in [5.74, 6) is 0.321. The summed E-state index contributed by atoms with van der Waals surface area (Å²) < 4.78 is 0. The fourth-order valence-corrected chi connectivity index (χ4v) is 1.44. The smallest absolute Gasteiger partial charge is 0.221 e. The number of nitrogens with one attached hydrogen (secondary N) is 1. The monoisotopic (exact) mass is 201 g/mol. The topological polar surface area (TPSA) is 111 Å². The van der Waals surface area contributed by atoms with Gasteiger partial charge in [-0.25, -0.2) is 5.10 Å². The number of nitrogen functional groups attached to an aromatic ring is 1. The van der Waals surface area contributed by atoms with Crippen molar-refractivity contribution in [1.29, 1.82) is 0 Å². The molecule has 1 unspecified atom stereocenters. The average Bonchev–Trinajstić information content (AvgIpc) is 2.47. The second kappa shape index (κ2) is 4.13. The number of carbonyl (C=O) groups excluding carboxylic acids is 1. The van der Waals surface area contributed by atoms with E-state index in [-0.39, 0.29) is 17.8 Å². The Labute approximate surface area is 79.5 Å². The van der Waals surface area contributed by atoms with Crippen molar-refractivity contribution in [3.05, 3.63) is 0 Å². The number of nitrogens with two attached hydrogens (primary N) is 2. The van der Waals surface area contributed by atoms with Gasteiger partial charge >= 0.3 is 0 Å². The molecule has 0 fully saturated rings. The molecule has 0 aliphatic carbocycles. The SMILES string of the molecule is CC(CSc1n[nH]c(N)n1)C(N)=O. The molecule has 0 aromatic carbocycles. The number of H-pyrrole nitrogens is 1. The van der Waals surface area contributed by atoms with E-state index in [9.17, 15) is 4.79 Å². The zero-order chi connectivity index (χ0) is 9.84. The molecule has 1 amide bonds. The molecule has 0 radical (unpaired) electrons. The zero-order valence-corrected chi connectivity index (χ0v) is 7.97. The van der Waals surface area contributed by atoms with Crippen LogP contribution in [0.2, 0.25) is 0 Å². The maximum atomic E-state index is 10.7. The summed E-state index contributed by atoms with van der Waals surface area (Å²) in [6.07, 6.45) is 0. The van der Waals surface area contributed by atoms with Crippen molar-refractivity contribution < 1.29 is 4.79 Å². The van der Waals surface area contributed by atoms with Gasteiger partial charge in [-0.2, -0.15) is 4.98 Å². The average molecular weight is 201 g/mol. The molecule has 1 aromatic rings. The highest BCUT2D eigenvalue weighted by Gasteiger charge is 2.10. The van der Waals surface area contributed by atoms with Gasteiger partial charge in [0.05, 0.1) is 0 Å². The molecule has 72 valence electrons. The van der Waals surface area contributed by atoms with Crippen molar-refractivity contribution in [3.63, 3.8) is 0 Å². The summed E-state index contributed by atoms with van der Waals surface area (Å²) in [6.45, 7) is 1.76. The molecule has 1 heterocycles. The van der Waals surface area contributed by atoms with Gasteiger partial charge in [-0.3, -0.25) is 4.79 Å². The van der Waals surface area contributed by atoms with Crippen LogP contribution in [0.1, 0.15) is 6.92 Å². The first kappa shape index (κ1) is 9.85. The standard InChI is InChI=1S/C6H11N5OS/c1-3(4(7)12)2-13-6-9-5(8)10-11-6/h3H,2H2,1H3,(H2,7,12)(H3,8,9,10,11). The number of aromatic amines is 1. The van der Waals surface area contributed by atoms with E-state index in [1.165, 1.54) is 11.8 Å². The van der Waals surface area contributed by atoms with E-state index in [0.29, 0.717) is 10.9 Å². The van der Waals surface area contributed by atoms with Gasteiger partial charge in [0.2, 0.25) is 17.0 Å². The second-order valence-corrected chi connectivity index (χ2v) is 3.60. The van der Waals surface area contributed by atoms with E-state index < -0.39 is 0 Å². The normalized spacial score (nSPS) is 12.7. The number of nitrogens with zero attached hydrogens (tertiary/aromatic N) is 2. The Kier molecular flexibility index (Phi) is 3.13. The number of thioether (sulfide) groups is 1. The molecule has 1 aromatic heterocycles. The third-order valence-corrected chi connectivity index (χ3v) is 2.54. The molecule has 7 heteroatoms. The van der Waals surface area contributed by atoms with Gasteiger partial charge in [0.25, 0.3) is 0 Å². The van der Waals surface area contributed by atoms with Crippen LogP contribution in [0.15, 0.2) is 5.16 Å². The van der Waals surface area contributed by atoms with Gasteiger partial charge in [-0.1, -0.05) is 18.7 Å². The van der Waals surface area contributed by atoms with Crippen LogP contribution in [0.25, 0.3) is 0 Å². The third-order valence-electron chi connectivity index (χ3n) is 1.43. The van der Waals surface area contributed by atoms with Crippen LogP contribution < -0.4 is 11.5 Å². The second-order valence-electron chi connectivity index (χ2n) is 2.62. The minimum atomic E-state index is -0.323. The quantitative estimate of drug-likeness (QED) is 0.574. The Balaban J connectivity index is 2.39. The van der Waals surface area contributed by atoms with Crippen molar-refractivity contribution in [2.75, 3.05) is 11.5 Å². The van der Waals surface area contributed by atoms with Gasteiger partial charge in [-0.15, -0.1) is 5.10 Å². The summed E-state index contributed by atoms with van der Waals surface area (Å²) >= 11 is 1.34. The number of anilines is 1. The minimum Gasteiger partial charge on any atom is -0.369 e. The Hall–Kier alpha value is -1.24. The highest BCUT2D eigenvalue weighted by atomic mass is 32.2. The highest BCUT2D eigenvalue weighted by Crippen LogP contribution is 2.16. The van der Waals surface area contributed by atoms with E-state index >= 15 is 0 Å². The zero-order valence-electron chi connectivity index (χ0n) is 7.15. The highest BCUT2D eigenvalue weighted by molar-refractivity contribution is 7.99. The molecule has 0 saturated heterocycles. The van der Waals surface area contributed by atoms with Crippen molar-refractivity contribution in [2.24, 2.45) is 11.7 Å². The van der Waals surface area contributed by atoms with Crippen LogP contribution in [0.4, 0.5) is 5.95 Å². The number of hydrogen-bond acceptors (Lipinski definition) is 5. The summed E-state index contributed by atoms with van der Waals surface area (Å²) in [6, 6.07) is 0. The number of amides is 1. The summed E-state index contributed by atoms with van der Waals surface area (Å²) in [7, 11) is 0. The number of primary amides is 1. The Morgan fingerprint density at radius 1 is 1.77 bits per heavy atom. The predicted molar refractivity (Wildman–Crippen MR) is 49.9 cm³/mol. The number of aromatic nitrogens is 3. The Morgan fingerprint density at radius 2 is 2.46 bits per heavy atom. The van der Waals surface area contributed by atoms with E-state index in [2.05, 4.69) is 15.2 Å². The molecule has 6 nitrogen and oxygen atoms in total. The maximum absolute atomic E-state index is 10.7. The molecule has 5 N–H and O–H groups in total. The lowest BCUT2D eigenvalue weighted by Crippen LogP contribution is -2.22. The van der Waals surface area contributed by atoms with E-state index in [1.54, 1.807) is 6.92 Å². The molecule has 0 bridgehead atoms. The van der Waals surface area contributed by atoms with E-state index in [0.717, 1.165) is 0 Å². The molecule has 0 spiro atoms. The number of rotatable bonds is 4. The molecule has 13 heavy (non-hydrogen) atoms. The molecule has 0 aliphatic heterocycles. The van der Waals surface area contributed by atoms with Gasteiger partial charge in [0.1, 0.15) is 0 Å². The lowest BCUT2D eigenvalue weighted by atomic mass is 10.2. The molecule has 1 atom stereocenters. The van der Waals surface area contributed by atoms with Gasteiger partial charge < -0.3 is 11.5 Å². The molecular formula is C6H11N5OS. The number of carbonyl (C=O) groups is 1. The van der Waals surface area contributed by atoms with Crippen LogP contribution in [-0.2, 0) is 4.79 Å². The van der Waals surface area contributed by atoms with Crippen LogP contribution in [-0.4, -0.2) is 26.8 Å². The van der Waals surface area contributed by atoms with Crippen LogP contribution in [0.5, 0.6) is 0 Å². The van der Waals surface area contributed by atoms with E-state index in [4.69, 9.17) is 11.5 Å². The first-order valence-corrected chi connectivity index (χ1v) is 4.68. The first-order chi connectivity index (χ1) is 6.09. The summed E-state index contributed by atoms with van der Waals surface area (Å²) in [4.78, 5) is 14.5. The van der Waals surface area contributed by atoms with Crippen LogP contribution in [0.3, 0.4) is 0 Å². The number of hydrogen-bond donors (Lipinski definition) is 3. The van der Waals surface area contributed by atoms with Gasteiger partial charge in [0.15, 0.2) is 0 Å². The summed E-state index contributed by atoms with van der Waals surface area (Å²) in [5, 5.41) is 6.83. The molecule has 0 aliphatic rings. The molecular weight excluding hydrogens is 190 g/mol. The van der Waals surface area contributed by atoms with Crippen molar-refractivity contribution in [1.82, 2.24) is 15.2 Å². The lowest BCUT2D eigenvalue weighted by Gasteiger charge is -2.02. The predicted octanol–water partition coefficient (Wildman–Crippen LogP) is -0.400. The fourth-order valence-electron chi connectivity index (χ4n) is 0.604. The largest absolute Gasteiger partial charge is 0.369 e. The van der Waals surface area contributed by atoms with Gasteiger partial charge in [0, 0.05) is 11.7 Å². The minimum absolute atomic E-state index is 0.190. The van der Waals surface area contributed by atoms with Crippen molar-refractivity contribution in [2.45, 2.75) is 12.1 Å². The van der Waals surface area contributed by atoms with E-state index in [1.807, 2.05) is 0 Å². The maximum Gasteiger partial charge on any atom is 0.221 e. The molecule has 0 saturated carbocycles. The van der Waals surface area contributed by atoms with Gasteiger partial charge in [-0.05, 0) is 0 Å². The van der Waals surface area contributed by atoms with Crippen molar-refractivity contribution >= 4 is 23.6 Å².